The number of hydrogen-bond donors (Lipinski definition) is 0. The Kier molecular flexibility index (Phi) is 22.8. The lowest BCUT2D eigenvalue weighted by Gasteiger charge is -2.47. The summed E-state index contributed by atoms with van der Waals surface area (Å²) in [5, 5.41) is 0. The molecule has 0 aromatic rings. The van der Waals surface area contributed by atoms with E-state index in [-0.39, 0.29) is 10.8 Å². The monoisotopic (exact) mass is 943 g/mol. The van der Waals surface area contributed by atoms with Gasteiger partial charge in [0.05, 0.1) is 0 Å². The molecule has 0 nitrogen and oxygen atoms in total. The maximum Gasteiger partial charge on any atom is 0.112 e. The van der Waals surface area contributed by atoms with Crippen LogP contribution in [0.2, 0.25) is 0 Å². The van der Waals surface area contributed by atoms with Crippen molar-refractivity contribution in [2.45, 2.75) is 194 Å². The van der Waals surface area contributed by atoms with Gasteiger partial charge in [0, 0.05) is 0 Å². The first kappa shape index (κ1) is 56.4. The molecule has 0 aromatic heterocycles. The van der Waals surface area contributed by atoms with E-state index < -0.39 is 8.67 Å². The third-order valence-corrected chi connectivity index (χ3v) is 15.2. The van der Waals surface area contributed by atoms with E-state index in [1.807, 2.05) is 0 Å². The molecule has 358 valence electrons. The Hall–Kier alpha value is -0.920. The Morgan fingerprint density at radius 2 is 1.06 bits per heavy atom. The highest BCUT2D eigenvalue weighted by molar-refractivity contribution is 6.48. The highest BCUT2D eigenvalue weighted by Gasteiger charge is 2.57. The summed E-state index contributed by atoms with van der Waals surface area (Å²) in [6, 6.07) is 0. The molecule has 7 rings (SSSR count). The summed E-state index contributed by atoms with van der Waals surface area (Å²) < 4.78 is -1.11. The van der Waals surface area contributed by atoms with Gasteiger partial charge in [-0.15, -0.1) is 59.6 Å². The van der Waals surface area contributed by atoms with E-state index in [4.69, 9.17) is 46.4 Å². The van der Waals surface area contributed by atoms with E-state index in [0.29, 0.717) is 35.0 Å². The second-order valence-electron chi connectivity index (χ2n) is 23.4. The van der Waals surface area contributed by atoms with Crippen molar-refractivity contribution in [2.24, 2.45) is 75.4 Å². The lowest BCUT2D eigenvalue weighted by Crippen LogP contribution is -2.40. The summed E-state index contributed by atoms with van der Waals surface area (Å²) in [7, 11) is 0. The van der Waals surface area contributed by atoms with Crippen molar-refractivity contribution >= 4 is 46.4 Å². The predicted octanol–water partition coefficient (Wildman–Crippen LogP) is 20.4. The zero-order chi connectivity index (χ0) is 47.2. The van der Waals surface area contributed by atoms with Gasteiger partial charge in [0.2, 0.25) is 0 Å². The molecule has 7 aliphatic carbocycles. The van der Waals surface area contributed by atoms with Gasteiger partial charge in [-0.1, -0.05) is 186 Å². The van der Waals surface area contributed by atoms with E-state index in [0.717, 1.165) is 36.0 Å². The Balaban J connectivity index is 0.000000274. The maximum absolute atomic E-state index is 5.30. The summed E-state index contributed by atoms with van der Waals surface area (Å²) in [5.74, 6) is 7.81. The zero-order valence-electron chi connectivity index (χ0n) is 42.4. The predicted molar refractivity (Wildman–Crippen MR) is 286 cm³/mol. The fourth-order valence-electron chi connectivity index (χ4n) is 12.0. The van der Waals surface area contributed by atoms with Crippen LogP contribution in [0.3, 0.4) is 0 Å². The first-order valence-electron chi connectivity index (χ1n) is 25.4. The van der Waals surface area contributed by atoms with Gasteiger partial charge in [0.1, 0.15) is 8.67 Å². The topological polar surface area (TPSA) is 0 Å². The molecule has 4 heteroatoms. The van der Waals surface area contributed by atoms with E-state index in [9.17, 15) is 0 Å². The lowest BCUT2D eigenvalue weighted by atomic mass is 9.57. The number of fused-ring (bicyclic) bond motifs is 4. The third kappa shape index (κ3) is 18.6. The molecule has 8 atom stereocenters. The molecule has 0 amide bonds. The van der Waals surface area contributed by atoms with Crippen LogP contribution in [0.15, 0.2) is 97.2 Å². The lowest BCUT2D eigenvalue weighted by molar-refractivity contribution is 0.0451. The summed E-state index contributed by atoms with van der Waals surface area (Å²) in [6.07, 6.45) is 51.5. The number of rotatable bonds is 10. The zero-order valence-corrected chi connectivity index (χ0v) is 45.5. The van der Waals surface area contributed by atoms with Crippen molar-refractivity contribution in [1.82, 2.24) is 0 Å². The van der Waals surface area contributed by atoms with Gasteiger partial charge in [-0.05, 0) is 159 Å². The quantitative estimate of drug-likeness (QED) is 0.151. The number of alkyl halides is 4. The van der Waals surface area contributed by atoms with Gasteiger partial charge in [-0.3, -0.25) is 0 Å². The highest BCUT2D eigenvalue weighted by Crippen LogP contribution is 2.63. The van der Waals surface area contributed by atoms with Crippen LogP contribution in [0.4, 0.5) is 0 Å². The number of allylic oxidation sites excluding steroid dienone is 14. The Morgan fingerprint density at radius 3 is 1.51 bits per heavy atom. The van der Waals surface area contributed by atoms with Crippen LogP contribution < -0.4 is 0 Å². The number of halogens is 4. The van der Waals surface area contributed by atoms with Gasteiger partial charge in [-0.25, -0.2) is 0 Å². The van der Waals surface area contributed by atoms with E-state index in [1.54, 1.807) is 38.8 Å². The Labute approximate surface area is 411 Å². The van der Waals surface area contributed by atoms with Crippen molar-refractivity contribution in [2.75, 3.05) is 0 Å². The molecule has 0 aliphatic heterocycles. The minimum atomic E-state index is -0.556. The standard InChI is InChI=1S/C32H48.C12H16.C9H18.2C3H6Cl2/c1-9-10-19-32(8,22-13-11-12-14-22)29-27-20-23(30(2,3)4)15-17-25(27)26-18-16-24(21-28(26)29)31(5,6)7;1-2-5-10-8-9-11-6-3-4-7-12(10)11;1-2-3-6-9-7-4-5-8-9;2*1-3(2,4)5/h9,15-18,20-22,25-29H,1,10-14,19H2,2-8H3;2-4,6-7,10-12H,1,5,8-9H2;9H,2-8H2,1H3;2*1-2H3. The maximum atomic E-state index is 5.30. The fourth-order valence-corrected chi connectivity index (χ4v) is 12.0. The minimum absolute atomic E-state index is 0.215. The van der Waals surface area contributed by atoms with Crippen LogP contribution in [-0.2, 0) is 0 Å². The van der Waals surface area contributed by atoms with E-state index >= 15 is 0 Å². The van der Waals surface area contributed by atoms with Gasteiger partial charge < -0.3 is 0 Å². The van der Waals surface area contributed by atoms with Gasteiger partial charge >= 0.3 is 0 Å². The molecule has 0 spiro atoms. The average Bonchev–Trinajstić information content (AvgIpc) is 4.02. The SMILES string of the molecule is C=CCC1CCC2C=CC=CC21.C=CCCC(C)(C1CCCC1)C1C2C=C(C(C)(C)C)C=CC2C2C=CC(C(C)(C)C)=CC21.CC(C)(Cl)Cl.CC(C)(Cl)Cl.CCCCC1CCCC1. The Morgan fingerprint density at radius 1 is 0.587 bits per heavy atom. The number of unbranched alkanes of at least 4 members (excludes halogenated alkanes) is 1. The molecule has 0 saturated heterocycles. The molecule has 0 aromatic carbocycles. The van der Waals surface area contributed by atoms with Crippen LogP contribution in [0, 0.1) is 75.4 Å². The van der Waals surface area contributed by atoms with Crippen LogP contribution in [-0.4, -0.2) is 8.67 Å². The summed E-state index contributed by atoms with van der Waals surface area (Å²) >= 11 is 21.2. The molecular formula is C59H94Cl4. The number of hydrogen-bond acceptors (Lipinski definition) is 0. The Bertz CT molecular complexity index is 1490. The molecular weight excluding hydrogens is 850 g/mol. The molecule has 63 heavy (non-hydrogen) atoms. The van der Waals surface area contributed by atoms with Crippen molar-refractivity contribution in [1.29, 1.82) is 0 Å². The summed E-state index contributed by atoms with van der Waals surface area (Å²) in [6.45, 7) is 34.1. The molecule has 0 N–H and O–H groups in total. The smallest absolute Gasteiger partial charge is 0.103 e. The van der Waals surface area contributed by atoms with Crippen LogP contribution in [0.5, 0.6) is 0 Å². The van der Waals surface area contributed by atoms with Gasteiger partial charge in [-0.2, -0.15) is 0 Å². The molecule has 0 heterocycles. The van der Waals surface area contributed by atoms with Crippen LogP contribution >= 0.6 is 46.4 Å². The van der Waals surface area contributed by atoms with Gasteiger partial charge in [0.15, 0.2) is 0 Å². The van der Waals surface area contributed by atoms with Crippen molar-refractivity contribution in [3.63, 3.8) is 0 Å². The van der Waals surface area contributed by atoms with Crippen molar-refractivity contribution < 1.29 is 0 Å². The fraction of sp³-hybridized carbons (Fsp3) is 0.729. The van der Waals surface area contributed by atoms with Crippen LogP contribution in [0.25, 0.3) is 0 Å². The molecule has 7 aliphatic rings. The normalized spacial score (nSPS) is 29.7. The van der Waals surface area contributed by atoms with Crippen LogP contribution in [0.1, 0.15) is 186 Å². The second-order valence-corrected chi connectivity index (χ2v) is 27.6. The largest absolute Gasteiger partial charge is 0.112 e. The van der Waals surface area contributed by atoms with Crippen molar-refractivity contribution in [3.8, 4) is 0 Å². The van der Waals surface area contributed by atoms with Gasteiger partial charge in [0.25, 0.3) is 0 Å². The first-order valence-corrected chi connectivity index (χ1v) is 27.0. The van der Waals surface area contributed by atoms with E-state index in [1.165, 1.54) is 96.3 Å². The molecule has 0 radical (unpaired) electrons. The molecule has 0 bridgehead atoms. The molecule has 4 fully saturated rings. The second kappa shape index (κ2) is 25.4. The third-order valence-electron chi connectivity index (χ3n) is 15.2. The molecule has 8 unspecified atom stereocenters. The summed E-state index contributed by atoms with van der Waals surface area (Å²) in [4.78, 5) is 0. The average molecular weight is 945 g/mol. The molecule has 4 saturated carbocycles. The van der Waals surface area contributed by atoms with Crippen molar-refractivity contribution in [3.05, 3.63) is 97.2 Å². The van der Waals surface area contributed by atoms with E-state index in [2.05, 4.69) is 141 Å². The minimum Gasteiger partial charge on any atom is -0.103 e. The first-order chi connectivity index (χ1) is 29.3. The highest BCUT2D eigenvalue weighted by atomic mass is 35.5. The summed E-state index contributed by atoms with van der Waals surface area (Å²) in [5.41, 5.74) is 3.90.